The van der Waals surface area contributed by atoms with Crippen LogP contribution in [-0.2, 0) is 0 Å². The van der Waals surface area contributed by atoms with Crippen molar-refractivity contribution >= 4 is 23.0 Å². The molecule has 23 heavy (non-hydrogen) atoms. The number of hydrogen-bond donors (Lipinski definition) is 0. The molecule has 118 valence electrons. The van der Waals surface area contributed by atoms with Gasteiger partial charge in [0.2, 0.25) is 0 Å². The van der Waals surface area contributed by atoms with Gasteiger partial charge in [-0.15, -0.1) is 0 Å². The van der Waals surface area contributed by atoms with Crippen molar-refractivity contribution in [2.75, 3.05) is 13.1 Å². The van der Waals surface area contributed by atoms with E-state index in [-0.39, 0.29) is 0 Å². The van der Waals surface area contributed by atoms with Crippen LogP contribution in [0.2, 0.25) is 0 Å². The summed E-state index contributed by atoms with van der Waals surface area (Å²) >= 11 is 5.81. The topological polar surface area (TPSA) is 15.6 Å². The fourth-order valence-electron chi connectivity index (χ4n) is 2.88. The van der Waals surface area contributed by atoms with E-state index in [1.165, 1.54) is 12.8 Å². The van der Waals surface area contributed by atoms with Gasteiger partial charge in [-0.25, -0.2) is 0 Å². The highest BCUT2D eigenvalue weighted by molar-refractivity contribution is 7.80. The molecule has 0 aromatic heterocycles. The van der Waals surface area contributed by atoms with Gasteiger partial charge in [-0.05, 0) is 12.8 Å². The van der Waals surface area contributed by atoms with Crippen molar-refractivity contribution in [3.8, 4) is 0 Å². The quantitative estimate of drug-likeness (QED) is 0.746. The van der Waals surface area contributed by atoms with Crippen molar-refractivity contribution in [2.45, 2.75) is 25.7 Å². The number of rotatable bonds is 2. The minimum atomic E-state index is 0.870. The number of nitrogens with zero attached hydrogens (tertiary/aromatic N) is 2. The zero-order chi connectivity index (χ0) is 15.9. The Labute approximate surface area is 143 Å². The second-order valence-electron chi connectivity index (χ2n) is 5.81. The normalized spacial score (nSPS) is 16.0. The molecule has 1 aliphatic rings. The van der Waals surface area contributed by atoms with Crippen LogP contribution in [-0.4, -0.2) is 28.8 Å². The van der Waals surface area contributed by atoms with Crippen LogP contribution in [0.1, 0.15) is 36.8 Å². The van der Waals surface area contributed by atoms with Crippen LogP contribution in [0.5, 0.6) is 0 Å². The lowest BCUT2D eigenvalue weighted by Crippen LogP contribution is -2.37. The van der Waals surface area contributed by atoms with Crippen LogP contribution in [0.15, 0.2) is 65.7 Å². The first-order chi connectivity index (χ1) is 11.4. The fourth-order valence-corrected chi connectivity index (χ4v) is 3.19. The van der Waals surface area contributed by atoms with Crippen LogP contribution in [0, 0.1) is 0 Å². The summed E-state index contributed by atoms with van der Waals surface area (Å²) in [6.07, 6.45) is 4.80. The molecule has 0 saturated carbocycles. The minimum absolute atomic E-state index is 0.870. The van der Waals surface area contributed by atoms with Gasteiger partial charge in [0.25, 0.3) is 0 Å². The predicted molar refractivity (Wildman–Crippen MR) is 101 cm³/mol. The highest BCUT2D eigenvalue weighted by Gasteiger charge is 2.19. The van der Waals surface area contributed by atoms with Gasteiger partial charge in [-0.3, -0.25) is 4.99 Å². The summed E-state index contributed by atoms with van der Waals surface area (Å²) in [5.41, 5.74) is 2.23. The molecule has 0 spiro atoms. The van der Waals surface area contributed by atoms with Gasteiger partial charge in [-0.1, -0.05) is 85.7 Å². The average Bonchev–Trinajstić information content (AvgIpc) is 2.74. The van der Waals surface area contributed by atoms with Crippen molar-refractivity contribution < 1.29 is 0 Å². The van der Waals surface area contributed by atoms with Gasteiger partial charge < -0.3 is 4.90 Å². The van der Waals surface area contributed by atoms with E-state index in [1.54, 1.807) is 0 Å². The molecule has 0 aliphatic carbocycles. The molecule has 3 heteroatoms. The second-order valence-corrected chi connectivity index (χ2v) is 6.20. The fraction of sp³-hybridized carbons (Fsp3) is 0.300. The molecule has 0 N–H and O–H groups in total. The number of amidine groups is 1. The lowest BCUT2D eigenvalue weighted by molar-refractivity contribution is 0.557. The Morgan fingerprint density at radius 2 is 1.48 bits per heavy atom. The lowest BCUT2D eigenvalue weighted by atomic mass is 10.1. The number of thiocarbonyl (C=S) groups is 1. The molecule has 0 amide bonds. The maximum absolute atomic E-state index is 5.81. The van der Waals surface area contributed by atoms with Gasteiger partial charge in [0.05, 0.1) is 0 Å². The minimum Gasteiger partial charge on any atom is -0.317 e. The first-order valence-corrected chi connectivity index (χ1v) is 8.74. The van der Waals surface area contributed by atoms with Gasteiger partial charge in [0, 0.05) is 24.2 Å². The molecule has 2 nitrogen and oxygen atoms in total. The van der Waals surface area contributed by atoms with E-state index < -0.39 is 0 Å². The average molecular weight is 322 g/mol. The summed E-state index contributed by atoms with van der Waals surface area (Å²) < 4.78 is 0. The molecule has 0 fully saturated rings. The SMILES string of the molecule is S=C(c1ccccc1)N1CCCCCCN=C1c1ccccc1. The Hall–Kier alpha value is -2.00. The van der Waals surface area contributed by atoms with Crippen molar-refractivity contribution in [3.63, 3.8) is 0 Å². The summed E-state index contributed by atoms with van der Waals surface area (Å²) in [7, 11) is 0. The van der Waals surface area contributed by atoms with E-state index in [0.29, 0.717) is 0 Å². The van der Waals surface area contributed by atoms with E-state index in [2.05, 4.69) is 41.3 Å². The van der Waals surface area contributed by atoms with E-state index in [4.69, 9.17) is 17.2 Å². The van der Waals surface area contributed by atoms with Gasteiger partial charge in [0.15, 0.2) is 0 Å². The molecule has 2 aromatic carbocycles. The van der Waals surface area contributed by atoms with Gasteiger partial charge in [0.1, 0.15) is 10.8 Å². The van der Waals surface area contributed by atoms with Crippen molar-refractivity contribution in [3.05, 3.63) is 71.8 Å². The van der Waals surface area contributed by atoms with Crippen molar-refractivity contribution in [2.24, 2.45) is 4.99 Å². The monoisotopic (exact) mass is 322 g/mol. The Balaban J connectivity index is 1.97. The lowest BCUT2D eigenvalue weighted by Gasteiger charge is -2.27. The first kappa shape index (κ1) is 15.9. The standard InChI is InChI=1S/C20H22N2S/c23-20(18-13-7-4-8-14-18)22-16-10-2-1-9-15-21-19(22)17-11-5-3-6-12-17/h3-8,11-14H,1-2,9-10,15-16H2. The predicted octanol–water partition coefficient (Wildman–Crippen LogP) is 4.68. The van der Waals surface area contributed by atoms with Crippen LogP contribution in [0.25, 0.3) is 0 Å². The summed E-state index contributed by atoms with van der Waals surface area (Å²) in [5.74, 6) is 1.02. The molecule has 2 aromatic rings. The van der Waals surface area contributed by atoms with Crippen LogP contribution in [0.4, 0.5) is 0 Å². The van der Waals surface area contributed by atoms with E-state index >= 15 is 0 Å². The smallest absolute Gasteiger partial charge is 0.136 e. The number of aliphatic imine (C=N–C) groups is 1. The van der Waals surface area contributed by atoms with Crippen molar-refractivity contribution in [1.82, 2.24) is 4.90 Å². The summed E-state index contributed by atoms with van der Waals surface area (Å²) in [4.78, 5) is 7.99. The third-order valence-electron chi connectivity index (χ3n) is 4.10. The molecular weight excluding hydrogens is 300 g/mol. The zero-order valence-electron chi connectivity index (χ0n) is 13.3. The number of hydrogen-bond acceptors (Lipinski definition) is 2. The van der Waals surface area contributed by atoms with Gasteiger partial charge in [-0.2, -0.15) is 0 Å². The third-order valence-corrected chi connectivity index (χ3v) is 4.56. The molecule has 1 aliphatic heterocycles. The highest BCUT2D eigenvalue weighted by atomic mass is 32.1. The molecule has 0 saturated heterocycles. The largest absolute Gasteiger partial charge is 0.317 e. The summed E-state index contributed by atoms with van der Waals surface area (Å²) in [6.45, 7) is 1.81. The molecular formula is C20H22N2S. The Bertz CT molecular complexity index is 665. The van der Waals surface area contributed by atoms with Crippen LogP contribution in [0.3, 0.4) is 0 Å². The molecule has 0 atom stereocenters. The van der Waals surface area contributed by atoms with Crippen LogP contribution >= 0.6 is 12.2 Å². The first-order valence-electron chi connectivity index (χ1n) is 8.33. The Morgan fingerprint density at radius 3 is 2.22 bits per heavy atom. The molecule has 0 unspecified atom stereocenters. The molecule has 1 heterocycles. The molecule has 3 rings (SSSR count). The molecule has 0 radical (unpaired) electrons. The third kappa shape index (κ3) is 4.05. The zero-order valence-corrected chi connectivity index (χ0v) is 14.1. The maximum Gasteiger partial charge on any atom is 0.136 e. The highest BCUT2D eigenvalue weighted by Crippen LogP contribution is 2.16. The molecule has 0 bridgehead atoms. The van der Waals surface area contributed by atoms with E-state index in [1.807, 2.05) is 24.3 Å². The van der Waals surface area contributed by atoms with Gasteiger partial charge >= 0.3 is 0 Å². The maximum atomic E-state index is 5.81. The second kappa shape index (κ2) is 8.02. The van der Waals surface area contributed by atoms with Crippen LogP contribution < -0.4 is 0 Å². The van der Waals surface area contributed by atoms with E-state index in [9.17, 15) is 0 Å². The van der Waals surface area contributed by atoms with E-state index in [0.717, 1.165) is 47.9 Å². The number of benzene rings is 2. The summed E-state index contributed by atoms with van der Waals surface area (Å²) in [5, 5.41) is 0. The summed E-state index contributed by atoms with van der Waals surface area (Å²) in [6, 6.07) is 20.7. The Morgan fingerprint density at radius 1 is 0.826 bits per heavy atom. The van der Waals surface area contributed by atoms with Crippen molar-refractivity contribution in [1.29, 1.82) is 0 Å². The Kier molecular flexibility index (Phi) is 5.54.